The van der Waals surface area contributed by atoms with Gasteiger partial charge in [-0.2, -0.15) is 23.0 Å². The van der Waals surface area contributed by atoms with Crippen molar-refractivity contribution in [3.63, 3.8) is 0 Å². The van der Waals surface area contributed by atoms with Crippen molar-refractivity contribution in [1.82, 2.24) is 19.7 Å². The predicted molar refractivity (Wildman–Crippen MR) is 161 cm³/mol. The summed E-state index contributed by atoms with van der Waals surface area (Å²) in [6.45, 7) is 11.6. The summed E-state index contributed by atoms with van der Waals surface area (Å²) in [4.78, 5) is 19.1. The van der Waals surface area contributed by atoms with Crippen LogP contribution in [-0.4, -0.2) is 57.2 Å². The Bertz CT molecular complexity index is 1460. The molecule has 0 radical (unpaired) electrons. The standard InChI is InChI=1S/C33H42F3N5O3/c1-21-18-41(31(42)44-32(3,4)5)39-30(21)29(24-8-6-9-24)25-10-7-11-26(15-25)37-17-28-27(33(34,35)36)14-23(16-38-28)20-40-12-13-43-22(2)19-40/h7,10-11,14-16,18,22,24,29,37H,6,8-9,12-13,17,19-20H2,1-5H3/t22-,29?/m1/s1. The second-order valence-corrected chi connectivity index (χ2v) is 13.0. The second-order valence-electron chi connectivity index (χ2n) is 13.0. The number of anilines is 1. The number of aryl methyl sites for hydroxylation is 1. The minimum Gasteiger partial charge on any atom is -0.442 e. The van der Waals surface area contributed by atoms with Crippen LogP contribution in [0.3, 0.4) is 0 Å². The highest BCUT2D eigenvalue weighted by molar-refractivity contribution is 5.70. The molecule has 0 amide bonds. The van der Waals surface area contributed by atoms with Gasteiger partial charge in [-0.25, -0.2) is 4.79 Å². The number of nitrogens with one attached hydrogen (secondary N) is 1. The molecule has 1 saturated heterocycles. The lowest BCUT2D eigenvalue weighted by Crippen LogP contribution is -2.40. The first-order chi connectivity index (χ1) is 20.8. The molecule has 1 aliphatic heterocycles. The maximum atomic E-state index is 14.1. The van der Waals surface area contributed by atoms with Crippen LogP contribution in [0.25, 0.3) is 0 Å². The molecule has 1 unspecified atom stereocenters. The van der Waals surface area contributed by atoms with E-state index < -0.39 is 23.4 Å². The fourth-order valence-corrected chi connectivity index (χ4v) is 5.94. The van der Waals surface area contributed by atoms with Crippen molar-refractivity contribution in [2.75, 3.05) is 25.0 Å². The number of ether oxygens (including phenoxy) is 2. The molecule has 3 aromatic rings. The van der Waals surface area contributed by atoms with E-state index in [9.17, 15) is 18.0 Å². The highest BCUT2D eigenvalue weighted by atomic mass is 19.4. The number of aromatic nitrogens is 3. The fourth-order valence-electron chi connectivity index (χ4n) is 5.94. The van der Waals surface area contributed by atoms with Crippen molar-refractivity contribution >= 4 is 11.8 Å². The Labute approximate surface area is 256 Å². The Hall–Kier alpha value is -3.44. The van der Waals surface area contributed by atoms with E-state index in [0.29, 0.717) is 43.4 Å². The number of hydrogen-bond acceptors (Lipinski definition) is 7. The predicted octanol–water partition coefficient (Wildman–Crippen LogP) is 7.15. The van der Waals surface area contributed by atoms with E-state index in [-0.39, 0.29) is 24.3 Å². The lowest BCUT2D eigenvalue weighted by atomic mass is 9.71. The van der Waals surface area contributed by atoms with Gasteiger partial charge in [-0.05, 0) is 88.3 Å². The van der Waals surface area contributed by atoms with Crippen molar-refractivity contribution < 1.29 is 27.4 Å². The maximum Gasteiger partial charge on any atom is 0.435 e. The number of rotatable bonds is 8. The molecule has 2 fully saturated rings. The third-order valence-electron chi connectivity index (χ3n) is 8.20. The molecule has 1 saturated carbocycles. The number of carbonyl (C=O) groups excluding carboxylic acids is 1. The average molecular weight is 614 g/mol. The lowest BCUT2D eigenvalue weighted by molar-refractivity contribution is -0.138. The van der Waals surface area contributed by atoms with Gasteiger partial charge in [0.1, 0.15) is 5.60 Å². The number of halogens is 3. The maximum absolute atomic E-state index is 14.1. The van der Waals surface area contributed by atoms with Crippen molar-refractivity contribution in [1.29, 1.82) is 0 Å². The van der Waals surface area contributed by atoms with Crippen LogP contribution in [0.4, 0.5) is 23.7 Å². The molecule has 11 heteroatoms. The first kappa shape index (κ1) is 32.0. The molecule has 44 heavy (non-hydrogen) atoms. The first-order valence-electron chi connectivity index (χ1n) is 15.3. The van der Waals surface area contributed by atoms with Gasteiger partial charge in [0.05, 0.1) is 36.2 Å². The number of carbonyl (C=O) groups is 1. The van der Waals surface area contributed by atoms with E-state index in [0.717, 1.165) is 36.1 Å². The van der Waals surface area contributed by atoms with Crippen LogP contribution < -0.4 is 5.32 Å². The molecule has 1 aromatic carbocycles. The molecule has 8 nitrogen and oxygen atoms in total. The van der Waals surface area contributed by atoms with Gasteiger partial charge < -0.3 is 14.8 Å². The summed E-state index contributed by atoms with van der Waals surface area (Å²) in [6.07, 6.45) is 1.42. The van der Waals surface area contributed by atoms with E-state index in [2.05, 4.69) is 20.3 Å². The van der Waals surface area contributed by atoms with Gasteiger partial charge in [0.2, 0.25) is 0 Å². The van der Waals surface area contributed by atoms with Crippen LogP contribution in [0, 0.1) is 12.8 Å². The summed E-state index contributed by atoms with van der Waals surface area (Å²) < 4.78 is 54.7. The average Bonchev–Trinajstić information content (AvgIpc) is 3.30. The fraction of sp³-hybridized carbons (Fsp3) is 0.545. The second kappa shape index (κ2) is 12.9. The zero-order valence-electron chi connectivity index (χ0n) is 26.1. The van der Waals surface area contributed by atoms with Crippen LogP contribution >= 0.6 is 0 Å². The van der Waals surface area contributed by atoms with E-state index in [1.807, 2.05) is 58.9 Å². The Balaban J connectivity index is 1.35. The molecule has 2 atom stereocenters. The van der Waals surface area contributed by atoms with E-state index in [4.69, 9.17) is 9.47 Å². The monoisotopic (exact) mass is 613 g/mol. The third-order valence-corrected chi connectivity index (χ3v) is 8.20. The zero-order chi connectivity index (χ0) is 31.6. The van der Waals surface area contributed by atoms with Gasteiger partial charge in [0.25, 0.3) is 0 Å². The Morgan fingerprint density at radius 3 is 2.64 bits per heavy atom. The molecule has 2 aliphatic rings. The molecule has 0 spiro atoms. The van der Waals surface area contributed by atoms with Crippen LogP contribution in [0.5, 0.6) is 0 Å². The third kappa shape index (κ3) is 7.79. The number of nitrogens with zero attached hydrogens (tertiary/aromatic N) is 4. The molecule has 238 valence electrons. The molecule has 1 aliphatic carbocycles. The molecule has 5 rings (SSSR count). The first-order valence-corrected chi connectivity index (χ1v) is 15.3. The van der Waals surface area contributed by atoms with Crippen molar-refractivity contribution in [3.05, 3.63) is 76.4 Å². The van der Waals surface area contributed by atoms with Gasteiger partial charge in [0, 0.05) is 43.6 Å². The highest BCUT2D eigenvalue weighted by Crippen LogP contribution is 2.44. The van der Waals surface area contributed by atoms with E-state index >= 15 is 0 Å². The van der Waals surface area contributed by atoms with Gasteiger partial charge in [-0.15, -0.1) is 0 Å². The number of pyridine rings is 1. The summed E-state index contributed by atoms with van der Waals surface area (Å²) in [5.74, 6) is 0.298. The van der Waals surface area contributed by atoms with E-state index in [1.54, 1.807) is 12.4 Å². The van der Waals surface area contributed by atoms with Crippen molar-refractivity contribution in [2.45, 2.75) is 90.8 Å². The van der Waals surface area contributed by atoms with Gasteiger partial charge >= 0.3 is 12.3 Å². The Morgan fingerprint density at radius 1 is 1.20 bits per heavy atom. The van der Waals surface area contributed by atoms with Gasteiger partial charge in [-0.1, -0.05) is 18.6 Å². The molecule has 0 bridgehead atoms. The van der Waals surface area contributed by atoms with Gasteiger partial charge in [0.15, 0.2) is 0 Å². The minimum atomic E-state index is -4.53. The molecule has 1 N–H and O–H groups in total. The SMILES string of the molecule is Cc1cn(C(=O)OC(C)(C)C)nc1C(c1cccc(NCc2ncc(CN3CCO[C@H](C)C3)cc2C(F)(F)F)c1)C1CCC1. The molecule has 2 aromatic heterocycles. The van der Waals surface area contributed by atoms with Crippen LogP contribution in [0.2, 0.25) is 0 Å². The highest BCUT2D eigenvalue weighted by Gasteiger charge is 2.36. The molecule has 3 heterocycles. The largest absolute Gasteiger partial charge is 0.442 e. The zero-order valence-corrected chi connectivity index (χ0v) is 26.1. The summed E-state index contributed by atoms with van der Waals surface area (Å²) in [6, 6.07) is 8.94. The van der Waals surface area contributed by atoms with Crippen molar-refractivity contribution in [2.24, 2.45) is 5.92 Å². The Morgan fingerprint density at radius 2 is 1.98 bits per heavy atom. The number of alkyl halides is 3. The quantitative estimate of drug-likeness (QED) is 0.289. The normalized spacial score (nSPS) is 19.0. The van der Waals surface area contributed by atoms with Crippen LogP contribution in [0.1, 0.15) is 86.5 Å². The topological polar surface area (TPSA) is 81.5 Å². The summed E-state index contributed by atoms with van der Waals surface area (Å²) >= 11 is 0. The van der Waals surface area contributed by atoms with Gasteiger partial charge in [-0.3, -0.25) is 9.88 Å². The Kier molecular flexibility index (Phi) is 9.36. The lowest BCUT2D eigenvalue weighted by Gasteiger charge is -2.34. The number of benzene rings is 1. The number of morpholine rings is 1. The summed E-state index contributed by atoms with van der Waals surface area (Å²) in [5, 5.41) is 7.84. The smallest absolute Gasteiger partial charge is 0.435 e. The molecular weight excluding hydrogens is 571 g/mol. The summed E-state index contributed by atoms with van der Waals surface area (Å²) in [5.41, 5.74) is 2.49. The van der Waals surface area contributed by atoms with Crippen LogP contribution in [-0.2, 0) is 28.7 Å². The van der Waals surface area contributed by atoms with Crippen LogP contribution in [0.15, 0.2) is 42.7 Å². The van der Waals surface area contributed by atoms with Crippen molar-refractivity contribution in [3.8, 4) is 0 Å². The molecular formula is C33H42F3N5O3. The number of hydrogen-bond donors (Lipinski definition) is 1. The minimum absolute atomic E-state index is 0.0477. The summed E-state index contributed by atoms with van der Waals surface area (Å²) in [7, 11) is 0. The van der Waals surface area contributed by atoms with E-state index in [1.165, 1.54) is 10.7 Å².